The highest BCUT2D eigenvalue weighted by molar-refractivity contribution is 7.99. The van der Waals surface area contributed by atoms with E-state index in [4.69, 9.17) is 16.1 Å². The van der Waals surface area contributed by atoms with Gasteiger partial charge in [-0.2, -0.15) is 17.0 Å². The lowest BCUT2D eigenvalue weighted by Gasteiger charge is -2.11. The number of carbonyl (C=O) groups is 1. The zero-order valence-corrected chi connectivity index (χ0v) is 8.72. The normalized spacial score (nSPS) is 19.7. The van der Waals surface area contributed by atoms with Gasteiger partial charge in [0.15, 0.2) is 0 Å². The molecule has 0 amide bonds. The highest BCUT2D eigenvalue weighted by Gasteiger charge is 2.42. The Morgan fingerprint density at radius 3 is 2.79 bits per heavy atom. The lowest BCUT2D eigenvalue weighted by Crippen LogP contribution is -2.32. The molecule has 78 valence electrons. The first-order valence-electron chi connectivity index (χ1n) is 4.53. The average Bonchev–Trinajstić information content (AvgIpc) is 2.85. The Labute approximate surface area is 87.5 Å². The number of rotatable bonds is 6. The van der Waals surface area contributed by atoms with E-state index in [0.29, 0.717) is 12.2 Å². The van der Waals surface area contributed by atoms with Crippen LogP contribution in [0.4, 0.5) is 0 Å². The number of nitrogens with two attached hydrogens (primary N) is 1. The van der Waals surface area contributed by atoms with Crippen molar-refractivity contribution in [3.05, 3.63) is 0 Å². The van der Waals surface area contributed by atoms with Crippen LogP contribution in [0.15, 0.2) is 0 Å². The van der Waals surface area contributed by atoms with Gasteiger partial charge in [-0.15, -0.1) is 0 Å². The summed E-state index contributed by atoms with van der Waals surface area (Å²) >= 11 is 1.54. The Morgan fingerprint density at radius 2 is 2.36 bits per heavy atom. The molecule has 0 aromatic carbocycles. The minimum Gasteiger partial charge on any atom is -0.480 e. The number of nitrogens with zero attached hydrogens (tertiary/aromatic N) is 1. The topological polar surface area (TPSA) is 87.1 Å². The molecule has 1 aliphatic rings. The maximum absolute atomic E-state index is 10.4. The van der Waals surface area contributed by atoms with Gasteiger partial charge in [-0.25, -0.2) is 0 Å². The van der Waals surface area contributed by atoms with E-state index < -0.39 is 12.0 Å². The zero-order valence-electron chi connectivity index (χ0n) is 7.90. The standard InChI is InChI=1S/C9H14N2O2S/c10-4-3-9(1-2-9)6-14-5-7(11)8(12)13/h7H,1-3,5-6,11H2,(H,12,13)/t7-/m0/s1. The van der Waals surface area contributed by atoms with Crippen LogP contribution in [0.1, 0.15) is 19.3 Å². The van der Waals surface area contributed by atoms with Crippen LogP contribution in [0.25, 0.3) is 0 Å². The molecule has 5 heteroatoms. The van der Waals surface area contributed by atoms with E-state index >= 15 is 0 Å². The fourth-order valence-corrected chi connectivity index (χ4v) is 2.53. The molecule has 0 saturated heterocycles. The molecule has 4 nitrogen and oxygen atoms in total. The SMILES string of the molecule is N#CCC1(CSC[C@H](N)C(=O)O)CC1. The van der Waals surface area contributed by atoms with E-state index in [1.807, 2.05) is 0 Å². The molecule has 0 radical (unpaired) electrons. The van der Waals surface area contributed by atoms with Crippen LogP contribution in [-0.4, -0.2) is 28.6 Å². The van der Waals surface area contributed by atoms with Crippen molar-refractivity contribution in [3.63, 3.8) is 0 Å². The molecule has 0 aliphatic heterocycles. The molecule has 1 rings (SSSR count). The Morgan fingerprint density at radius 1 is 1.71 bits per heavy atom. The van der Waals surface area contributed by atoms with Crippen molar-refractivity contribution in [2.75, 3.05) is 11.5 Å². The van der Waals surface area contributed by atoms with Crippen LogP contribution in [-0.2, 0) is 4.79 Å². The number of carboxylic acids is 1. The van der Waals surface area contributed by atoms with Gasteiger partial charge < -0.3 is 10.8 Å². The van der Waals surface area contributed by atoms with Crippen LogP contribution in [0.5, 0.6) is 0 Å². The number of nitriles is 1. The van der Waals surface area contributed by atoms with Crippen molar-refractivity contribution in [2.24, 2.45) is 11.1 Å². The molecule has 0 aromatic heterocycles. The van der Waals surface area contributed by atoms with Gasteiger partial charge in [-0.1, -0.05) is 0 Å². The lowest BCUT2D eigenvalue weighted by atomic mass is 10.1. The van der Waals surface area contributed by atoms with Gasteiger partial charge in [0, 0.05) is 12.2 Å². The van der Waals surface area contributed by atoms with E-state index in [9.17, 15) is 4.79 Å². The molecule has 14 heavy (non-hydrogen) atoms. The fraction of sp³-hybridized carbons (Fsp3) is 0.778. The molecule has 1 atom stereocenters. The summed E-state index contributed by atoms with van der Waals surface area (Å²) in [5.41, 5.74) is 5.53. The molecule has 0 heterocycles. The van der Waals surface area contributed by atoms with Crippen LogP contribution >= 0.6 is 11.8 Å². The van der Waals surface area contributed by atoms with Gasteiger partial charge >= 0.3 is 5.97 Å². The summed E-state index contributed by atoms with van der Waals surface area (Å²) in [6.45, 7) is 0. The quantitative estimate of drug-likeness (QED) is 0.683. The van der Waals surface area contributed by atoms with E-state index in [1.54, 1.807) is 11.8 Å². The van der Waals surface area contributed by atoms with Crippen molar-refractivity contribution in [1.82, 2.24) is 0 Å². The van der Waals surface area contributed by atoms with Crippen molar-refractivity contribution in [1.29, 1.82) is 5.26 Å². The largest absolute Gasteiger partial charge is 0.480 e. The molecule has 0 aromatic rings. The Hall–Kier alpha value is -0.730. The number of thioether (sulfide) groups is 1. The van der Waals surface area contributed by atoms with Gasteiger partial charge in [0.1, 0.15) is 6.04 Å². The average molecular weight is 214 g/mol. The van der Waals surface area contributed by atoms with Crippen LogP contribution < -0.4 is 5.73 Å². The first kappa shape index (κ1) is 11.3. The Bertz CT molecular complexity index is 258. The van der Waals surface area contributed by atoms with Gasteiger partial charge in [0.25, 0.3) is 0 Å². The van der Waals surface area contributed by atoms with Crippen molar-refractivity contribution < 1.29 is 9.90 Å². The van der Waals surface area contributed by atoms with Gasteiger partial charge in [-0.05, 0) is 24.0 Å². The summed E-state index contributed by atoms with van der Waals surface area (Å²) < 4.78 is 0. The number of hydrogen-bond acceptors (Lipinski definition) is 4. The minimum absolute atomic E-state index is 0.178. The molecule has 0 spiro atoms. The zero-order chi connectivity index (χ0) is 10.6. The summed E-state index contributed by atoms with van der Waals surface area (Å²) in [7, 11) is 0. The summed E-state index contributed by atoms with van der Waals surface area (Å²) in [4.78, 5) is 10.4. The minimum atomic E-state index is -0.956. The lowest BCUT2D eigenvalue weighted by molar-refractivity contribution is -0.137. The number of carboxylic acid groups (broad SMARTS) is 1. The smallest absolute Gasteiger partial charge is 0.321 e. The monoisotopic (exact) mass is 214 g/mol. The number of aliphatic carboxylic acids is 1. The summed E-state index contributed by atoms with van der Waals surface area (Å²) in [5.74, 6) is 0.340. The molecule has 3 N–H and O–H groups in total. The molecular weight excluding hydrogens is 200 g/mol. The molecule has 1 fully saturated rings. The maximum Gasteiger partial charge on any atom is 0.321 e. The molecular formula is C9H14N2O2S. The molecule has 0 bridgehead atoms. The van der Waals surface area contributed by atoms with Crippen LogP contribution in [0.2, 0.25) is 0 Å². The van der Waals surface area contributed by atoms with E-state index in [2.05, 4.69) is 6.07 Å². The first-order chi connectivity index (χ1) is 6.59. The highest BCUT2D eigenvalue weighted by Crippen LogP contribution is 2.50. The summed E-state index contributed by atoms with van der Waals surface area (Å²) in [6.07, 6.45) is 2.77. The van der Waals surface area contributed by atoms with Gasteiger partial charge in [-0.3, -0.25) is 4.79 Å². The molecule has 1 saturated carbocycles. The predicted octanol–water partition coefficient (Wildman–Crippen LogP) is 0.825. The third kappa shape index (κ3) is 3.20. The van der Waals surface area contributed by atoms with Crippen molar-refractivity contribution >= 4 is 17.7 Å². The maximum atomic E-state index is 10.4. The third-order valence-electron chi connectivity index (χ3n) is 2.43. The van der Waals surface area contributed by atoms with Crippen molar-refractivity contribution in [2.45, 2.75) is 25.3 Å². The fourth-order valence-electron chi connectivity index (χ4n) is 1.19. The highest BCUT2D eigenvalue weighted by atomic mass is 32.2. The van der Waals surface area contributed by atoms with E-state index in [-0.39, 0.29) is 5.41 Å². The number of hydrogen-bond donors (Lipinski definition) is 2. The third-order valence-corrected chi connectivity index (χ3v) is 3.85. The van der Waals surface area contributed by atoms with Gasteiger partial charge in [0.05, 0.1) is 6.07 Å². The van der Waals surface area contributed by atoms with Crippen molar-refractivity contribution in [3.8, 4) is 6.07 Å². The molecule has 1 aliphatic carbocycles. The van der Waals surface area contributed by atoms with Crippen LogP contribution in [0.3, 0.4) is 0 Å². The van der Waals surface area contributed by atoms with Crippen LogP contribution in [0, 0.1) is 16.7 Å². The first-order valence-corrected chi connectivity index (χ1v) is 5.68. The van der Waals surface area contributed by atoms with Gasteiger partial charge in [0.2, 0.25) is 0 Å². The molecule has 0 unspecified atom stereocenters. The summed E-state index contributed by atoms with van der Waals surface area (Å²) in [6, 6.07) is 1.39. The second kappa shape index (κ2) is 4.67. The predicted molar refractivity (Wildman–Crippen MR) is 54.8 cm³/mol. The van der Waals surface area contributed by atoms with E-state index in [0.717, 1.165) is 18.6 Å². The summed E-state index contributed by atoms with van der Waals surface area (Å²) in [5, 5.41) is 17.1. The second-order valence-corrected chi connectivity index (χ2v) is 4.83. The Balaban J connectivity index is 2.16. The van der Waals surface area contributed by atoms with E-state index in [1.165, 1.54) is 0 Å². The Kier molecular flexibility index (Phi) is 3.78. The second-order valence-electron chi connectivity index (χ2n) is 3.79.